The molecule has 2 aliphatic heterocycles. The maximum Gasteiger partial charge on any atom is 0.254 e. The van der Waals surface area contributed by atoms with Crippen LogP contribution in [-0.2, 0) is 4.74 Å². The molecule has 1 aromatic carbocycles. The molecule has 4 rings (SSSR count). The summed E-state index contributed by atoms with van der Waals surface area (Å²) in [6, 6.07) is 9.56. The summed E-state index contributed by atoms with van der Waals surface area (Å²) in [5.74, 6) is 0.128. The molecule has 2 saturated heterocycles. The molecule has 2 aliphatic rings. The Kier molecular flexibility index (Phi) is 4.81. The summed E-state index contributed by atoms with van der Waals surface area (Å²) in [7, 11) is 0. The maximum atomic E-state index is 12.7. The fraction of sp³-hybridized carbons (Fsp3) is 0.474. The number of rotatable bonds is 4. The highest BCUT2D eigenvalue weighted by Gasteiger charge is 2.28. The Morgan fingerprint density at radius 1 is 1.24 bits per heavy atom. The molecule has 1 N–H and O–H groups in total. The third-order valence-electron chi connectivity index (χ3n) is 5.18. The first-order valence-corrected chi connectivity index (χ1v) is 9.14. The van der Waals surface area contributed by atoms with Gasteiger partial charge >= 0.3 is 0 Å². The summed E-state index contributed by atoms with van der Waals surface area (Å²) in [6.07, 6.45) is 6.45. The lowest BCUT2D eigenvalue weighted by molar-refractivity contribution is -0.906. The van der Waals surface area contributed by atoms with Crippen molar-refractivity contribution < 1.29 is 14.4 Å². The number of piperazine rings is 1. The third kappa shape index (κ3) is 3.75. The minimum atomic E-state index is 0.128. The minimum absolute atomic E-state index is 0.128. The molecule has 6 heteroatoms. The number of hydrogen-bond acceptors (Lipinski definition) is 3. The summed E-state index contributed by atoms with van der Waals surface area (Å²) < 4.78 is 7.53. The van der Waals surface area contributed by atoms with Gasteiger partial charge in [-0.1, -0.05) is 0 Å². The van der Waals surface area contributed by atoms with Crippen molar-refractivity contribution in [2.45, 2.75) is 18.9 Å². The Morgan fingerprint density at radius 2 is 2.04 bits per heavy atom. The highest BCUT2D eigenvalue weighted by atomic mass is 16.5. The molecule has 2 fully saturated rings. The molecule has 1 aromatic heterocycles. The lowest BCUT2D eigenvalue weighted by Gasteiger charge is -2.33. The summed E-state index contributed by atoms with van der Waals surface area (Å²) >= 11 is 0. The van der Waals surface area contributed by atoms with Crippen molar-refractivity contribution in [3.05, 3.63) is 48.3 Å². The van der Waals surface area contributed by atoms with Crippen molar-refractivity contribution in [3.8, 4) is 5.69 Å². The van der Waals surface area contributed by atoms with Gasteiger partial charge in [-0.2, -0.15) is 5.10 Å². The topological polar surface area (TPSA) is 51.8 Å². The van der Waals surface area contributed by atoms with Crippen molar-refractivity contribution in [3.63, 3.8) is 0 Å². The van der Waals surface area contributed by atoms with E-state index < -0.39 is 0 Å². The van der Waals surface area contributed by atoms with E-state index in [1.54, 1.807) is 15.8 Å². The first-order chi connectivity index (χ1) is 12.3. The molecular formula is C19H25N4O2+. The highest BCUT2D eigenvalue weighted by Crippen LogP contribution is 2.12. The zero-order valence-corrected chi connectivity index (χ0v) is 14.4. The van der Waals surface area contributed by atoms with E-state index in [-0.39, 0.29) is 5.91 Å². The Labute approximate surface area is 148 Å². The number of nitrogens with zero attached hydrogens (tertiary/aromatic N) is 3. The highest BCUT2D eigenvalue weighted by molar-refractivity contribution is 5.94. The van der Waals surface area contributed by atoms with Crippen molar-refractivity contribution in [2.24, 2.45) is 0 Å². The number of carbonyl (C=O) groups is 1. The van der Waals surface area contributed by atoms with Crippen molar-refractivity contribution in [2.75, 3.05) is 39.3 Å². The van der Waals surface area contributed by atoms with Crippen LogP contribution in [0.5, 0.6) is 0 Å². The first-order valence-electron chi connectivity index (χ1n) is 9.14. The van der Waals surface area contributed by atoms with Crippen LogP contribution in [-0.4, -0.2) is 66.0 Å². The molecule has 0 spiro atoms. The van der Waals surface area contributed by atoms with Gasteiger partial charge in [0.1, 0.15) is 12.6 Å². The van der Waals surface area contributed by atoms with Gasteiger partial charge in [0.05, 0.1) is 31.9 Å². The Balaban J connectivity index is 1.32. The number of carbonyl (C=O) groups excluding carboxylic acids is 1. The Morgan fingerprint density at radius 3 is 2.68 bits per heavy atom. The molecule has 0 saturated carbocycles. The van der Waals surface area contributed by atoms with Gasteiger partial charge in [0.15, 0.2) is 0 Å². The van der Waals surface area contributed by atoms with Gasteiger partial charge in [-0.05, 0) is 43.2 Å². The Hall–Kier alpha value is -2.18. The molecule has 132 valence electrons. The molecular weight excluding hydrogens is 316 g/mol. The van der Waals surface area contributed by atoms with Gasteiger partial charge in [0, 0.05) is 24.6 Å². The van der Waals surface area contributed by atoms with E-state index in [4.69, 9.17) is 4.74 Å². The number of quaternary nitrogens is 1. The minimum Gasteiger partial charge on any atom is -0.372 e. The predicted octanol–water partition coefficient (Wildman–Crippen LogP) is 0.392. The van der Waals surface area contributed by atoms with Crippen LogP contribution in [0.4, 0.5) is 0 Å². The average molecular weight is 341 g/mol. The number of ether oxygens (including phenoxy) is 1. The van der Waals surface area contributed by atoms with E-state index in [0.717, 1.165) is 50.6 Å². The van der Waals surface area contributed by atoms with Crippen molar-refractivity contribution in [1.29, 1.82) is 0 Å². The molecule has 6 nitrogen and oxygen atoms in total. The van der Waals surface area contributed by atoms with Gasteiger partial charge < -0.3 is 14.5 Å². The number of hydrogen-bond donors (Lipinski definition) is 1. The zero-order valence-electron chi connectivity index (χ0n) is 14.4. The molecule has 1 atom stereocenters. The fourth-order valence-electron chi connectivity index (χ4n) is 3.72. The van der Waals surface area contributed by atoms with Gasteiger partial charge in [-0.3, -0.25) is 4.79 Å². The van der Waals surface area contributed by atoms with Gasteiger partial charge in [-0.15, -0.1) is 0 Å². The van der Waals surface area contributed by atoms with E-state index in [2.05, 4.69) is 5.10 Å². The average Bonchev–Trinajstić information content (AvgIpc) is 3.36. The van der Waals surface area contributed by atoms with Crippen LogP contribution >= 0.6 is 0 Å². The van der Waals surface area contributed by atoms with E-state index in [0.29, 0.717) is 6.10 Å². The summed E-state index contributed by atoms with van der Waals surface area (Å²) in [4.78, 5) is 16.3. The monoisotopic (exact) mass is 341 g/mol. The predicted molar refractivity (Wildman–Crippen MR) is 94.0 cm³/mol. The molecule has 25 heavy (non-hydrogen) atoms. The van der Waals surface area contributed by atoms with Crippen LogP contribution < -0.4 is 4.90 Å². The van der Waals surface area contributed by atoms with Crippen molar-refractivity contribution in [1.82, 2.24) is 14.7 Å². The van der Waals surface area contributed by atoms with E-state index in [9.17, 15) is 4.79 Å². The molecule has 3 heterocycles. The fourth-order valence-corrected chi connectivity index (χ4v) is 3.72. The normalized spacial score (nSPS) is 21.6. The summed E-state index contributed by atoms with van der Waals surface area (Å²) in [5.41, 5.74) is 1.71. The van der Waals surface area contributed by atoms with Crippen LogP contribution in [0, 0.1) is 0 Å². The van der Waals surface area contributed by atoms with Crippen LogP contribution in [0.15, 0.2) is 42.7 Å². The van der Waals surface area contributed by atoms with Gasteiger partial charge in [0.2, 0.25) is 0 Å². The smallest absolute Gasteiger partial charge is 0.254 e. The van der Waals surface area contributed by atoms with Gasteiger partial charge in [0.25, 0.3) is 5.91 Å². The van der Waals surface area contributed by atoms with Crippen LogP contribution in [0.2, 0.25) is 0 Å². The lowest BCUT2D eigenvalue weighted by atomic mass is 10.1. The Bertz CT molecular complexity index is 685. The summed E-state index contributed by atoms with van der Waals surface area (Å²) in [6.45, 7) is 5.66. The lowest BCUT2D eigenvalue weighted by Crippen LogP contribution is -3.15. The molecule has 0 aliphatic carbocycles. The standard InChI is InChI=1S/C19H24N4O2/c24-19(16-4-6-17(7-5-16)23-9-2-8-20-23)22-12-10-21(11-13-22)15-18-3-1-14-25-18/h2,4-9,18H,1,3,10-15H2/p+1/t18-/m1/s1. The number of nitrogens with one attached hydrogen (secondary N) is 1. The second-order valence-electron chi connectivity index (χ2n) is 6.88. The number of benzene rings is 1. The van der Waals surface area contributed by atoms with E-state index in [1.807, 2.05) is 41.4 Å². The van der Waals surface area contributed by atoms with E-state index in [1.165, 1.54) is 12.8 Å². The largest absolute Gasteiger partial charge is 0.372 e. The second kappa shape index (κ2) is 7.37. The maximum absolute atomic E-state index is 12.7. The van der Waals surface area contributed by atoms with Crippen molar-refractivity contribution >= 4 is 5.91 Å². The third-order valence-corrected chi connectivity index (χ3v) is 5.18. The van der Waals surface area contributed by atoms with E-state index >= 15 is 0 Å². The first kappa shape index (κ1) is 16.3. The molecule has 0 bridgehead atoms. The molecule has 2 aromatic rings. The van der Waals surface area contributed by atoms with Crippen LogP contribution in [0.3, 0.4) is 0 Å². The zero-order chi connectivity index (χ0) is 17.1. The second-order valence-corrected chi connectivity index (χ2v) is 6.88. The quantitative estimate of drug-likeness (QED) is 0.875. The number of amides is 1. The van der Waals surface area contributed by atoms with Crippen LogP contribution in [0.25, 0.3) is 5.69 Å². The van der Waals surface area contributed by atoms with Crippen LogP contribution in [0.1, 0.15) is 23.2 Å². The molecule has 0 unspecified atom stereocenters. The summed E-state index contributed by atoms with van der Waals surface area (Å²) in [5, 5.41) is 4.21. The SMILES string of the molecule is O=C(c1ccc(-n2cccn2)cc1)N1CC[NH+](C[C@H]2CCCO2)CC1. The molecule has 0 radical (unpaired) electrons. The van der Waals surface area contributed by atoms with Gasteiger partial charge in [-0.25, -0.2) is 4.68 Å². The molecule has 1 amide bonds. The number of aromatic nitrogens is 2.